The quantitative estimate of drug-likeness (QED) is 0.937. The number of hydrogen-bond donors (Lipinski definition) is 1. The molecule has 2 N–H and O–H groups in total. The van der Waals surface area contributed by atoms with Gasteiger partial charge in [-0.1, -0.05) is 34.1 Å². The third-order valence-corrected chi connectivity index (χ3v) is 3.47. The van der Waals surface area contributed by atoms with Gasteiger partial charge in [-0.25, -0.2) is 4.98 Å². The lowest BCUT2D eigenvalue weighted by Crippen LogP contribution is -2.21. The average Bonchev–Trinajstić information content (AvgIpc) is 2.38. The van der Waals surface area contributed by atoms with Gasteiger partial charge in [0.25, 0.3) is 0 Å². The van der Waals surface area contributed by atoms with Crippen molar-refractivity contribution < 1.29 is 0 Å². The van der Waals surface area contributed by atoms with Gasteiger partial charge >= 0.3 is 0 Å². The molecule has 2 aromatic rings. The molecule has 1 aromatic carbocycles. The van der Waals surface area contributed by atoms with E-state index in [9.17, 15) is 0 Å². The van der Waals surface area contributed by atoms with Crippen LogP contribution in [0.25, 0.3) is 0 Å². The minimum Gasteiger partial charge on any atom is -0.355 e. The summed E-state index contributed by atoms with van der Waals surface area (Å²) in [5.74, 6) is 0.942. The van der Waals surface area contributed by atoms with Crippen molar-refractivity contribution in [2.75, 3.05) is 11.9 Å². The van der Waals surface area contributed by atoms with Gasteiger partial charge in [-0.05, 0) is 30.7 Å². The van der Waals surface area contributed by atoms with Crippen molar-refractivity contribution in [3.05, 3.63) is 58.2 Å². The second kappa shape index (κ2) is 6.17. The van der Waals surface area contributed by atoms with E-state index in [0.29, 0.717) is 0 Å². The van der Waals surface area contributed by atoms with Gasteiger partial charge < -0.3 is 10.6 Å². The molecule has 19 heavy (non-hydrogen) atoms. The molecule has 4 heteroatoms. The number of halogens is 1. The molecule has 1 heterocycles. The maximum atomic E-state index is 6.00. The minimum absolute atomic E-state index is 0.0198. The highest BCUT2D eigenvalue weighted by atomic mass is 79.9. The Morgan fingerprint density at radius 3 is 2.79 bits per heavy atom. The van der Waals surface area contributed by atoms with Gasteiger partial charge in [0, 0.05) is 35.9 Å². The number of benzene rings is 1. The van der Waals surface area contributed by atoms with Crippen LogP contribution >= 0.6 is 15.9 Å². The lowest BCUT2D eigenvalue weighted by Gasteiger charge is -2.22. The molecule has 0 aliphatic carbocycles. The minimum atomic E-state index is -0.0198. The van der Waals surface area contributed by atoms with Crippen molar-refractivity contribution >= 4 is 21.7 Å². The summed E-state index contributed by atoms with van der Waals surface area (Å²) in [5, 5.41) is 0. The van der Waals surface area contributed by atoms with E-state index in [1.807, 2.05) is 38.2 Å². The van der Waals surface area contributed by atoms with E-state index >= 15 is 0 Å². The molecule has 1 unspecified atom stereocenters. The number of aromatic nitrogens is 1. The molecule has 0 bridgehead atoms. The molecular formula is C15H18BrN3. The first-order valence-electron chi connectivity index (χ1n) is 6.24. The monoisotopic (exact) mass is 319 g/mol. The molecule has 0 saturated heterocycles. The molecular weight excluding hydrogens is 302 g/mol. The second-order valence-corrected chi connectivity index (χ2v) is 5.61. The van der Waals surface area contributed by atoms with Crippen molar-refractivity contribution in [1.82, 2.24) is 4.98 Å². The van der Waals surface area contributed by atoms with Crippen LogP contribution < -0.4 is 10.6 Å². The van der Waals surface area contributed by atoms with Crippen molar-refractivity contribution in [2.24, 2.45) is 5.73 Å². The highest BCUT2D eigenvalue weighted by Gasteiger charge is 2.12. The van der Waals surface area contributed by atoms with Gasteiger partial charge in [0.05, 0.1) is 0 Å². The van der Waals surface area contributed by atoms with Crippen LogP contribution in [-0.2, 0) is 6.54 Å². The summed E-state index contributed by atoms with van der Waals surface area (Å²) in [4.78, 5) is 6.58. The molecule has 2 rings (SSSR count). The van der Waals surface area contributed by atoms with E-state index in [2.05, 4.69) is 37.9 Å². The van der Waals surface area contributed by atoms with Crippen LogP contribution in [0.4, 0.5) is 5.82 Å². The zero-order valence-electron chi connectivity index (χ0n) is 11.2. The zero-order chi connectivity index (χ0) is 13.8. The van der Waals surface area contributed by atoms with Crippen molar-refractivity contribution in [3.8, 4) is 0 Å². The maximum Gasteiger partial charge on any atom is 0.133 e. The van der Waals surface area contributed by atoms with Crippen LogP contribution in [0.1, 0.15) is 24.1 Å². The molecule has 100 valence electrons. The third-order valence-electron chi connectivity index (χ3n) is 2.98. The Morgan fingerprint density at radius 2 is 2.11 bits per heavy atom. The molecule has 1 aromatic heterocycles. The number of nitrogens with two attached hydrogens (primary N) is 1. The van der Waals surface area contributed by atoms with Crippen molar-refractivity contribution in [1.29, 1.82) is 0 Å². The van der Waals surface area contributed by atoms with Gasteiger partial charge in [-0.2, -0.15) is 0 Å². The summed E-state index contributed by atoms with van der Waals surface area (Å²) in [6.07, 6.45) is 1.80. The fourth-order valence-electron chi connectivity index (χ4n) is 2.07. The van der Waals surface area contributed by atoms with E-state index in [4.69, 9.17) is 5.73 Å². The van der Waals surface area contributed by atoms with E-state index in [-0.39, 0.29) is 6.04 Å². The standard InChI is InChI=1S/C15H18BrN3/c1-11(17)14-7-4-8-18-15(14)19(2)10-12-5-3-6-13(16)9-12/h3-9,11H,10,17H2,1-2H3. The average molecular weight is 320 g/mol. The SMILES string of the molecule is CC(N)c1cccnc1N(C)Cc1cccc(Br)c1. The Hall–Kier alpha value is -1.39. The molecule has 0 saturated carbocycles. The second-order valence-electron chi connectivity index (χ2n) is 4.69. The maximum absolute atomic E-state index is 6.00. The van der Waals surface area contributed by atoms with E-state index in [1.54, 1.807) is 6.20 Å². The first-order chi connectivity index (χ1) is 9.08. The lowest BCUT2D eigenvalue weighted by atomic mass is 10.1. The smallest absolute Gasteiger partial charge is 0.133 e. The number of anilines is 1. The zero-order valence-corrected chi connectivity index (χ0v) is 12.8. The van der Waals surface area contributed by atoms with E-state index < -0.39 is 0 Å². The predicted molar refractivity (Wildman–Crippen MR) is 83.1 cm³/mol. The number of hydrogen-bond acceptors (Lipinski definition) is 3. The lowest BCUT2D eigenvalue weighted by molar-refractivity contribution is 0.788. The van der Waals surface area contributed by atoms with Gasteiger partial charge in [0.15, 0.2) is 0 Å². The van der Waals surface area contributed by atoms with E-state index in [0.717, 1.165) is 22.4 Å². The third kappa shape index (κ3) is 3.55. The molecule has 0 radical (unpaired) electrons. The number of rotatable bonds is 4. The summed E-state index contributed by atoms with van der Waals surface area (Å²) in [6, 6.07) is 12.2. The molecule has 0 spiro atoms. The van der Waals surface area contributed by atoms with Crippen LogP contribution in [0.2, 0.25) is 0 Å². The van der Waals surface area contributed by atoms with Crippen LogP contribution in [0.5, 0.6) is 0 Å². The first-order valence-corrected chi connectivity index (χ1v) is 7.03. The Balaban J connectivity index is 2.23. The molecule has 0 fully saturated rings. The Bertz CT molecular complexity index is 555. The van der Waals surface area contributed by atoms with Gasteiger partial charge in [-0.15, -0.1) is 0 Å². The molecule has 0 amide bonds. The largest absolute Gasteiger partial charge is 0.355 e. The van der Waals surface area contributed by atoms with Gasteiger partial charge in [-0.3, -0.25) is 0 Å². The van der Waals surface area contributed by atoms with Gasteiger partial charge in [0.2, 0.25) is 0 Å². The fraction of sp³-hybridized carbons (Fsp3) is 0.267. The summed E-state index contributed by atoms with van der Waals surface area (Å²) in [5.41, 5.74) is 8.30. The normalized spacial score (nSPS) is 12.2. The molecule has 1 atom stereocenters. The number of nitrogens with zero attached hydrogens (tertiary/aromatic N) is 2. The summed E-state index contributed by atoms with van der Waals surface area (Å²) < 4.78 is 1.09. The van der Waals surface area contributed by atoms with Crippen LogP contribution in [-0.4, -0.2) is 12.0 Å². The Labute approximate surface area is 122 Å². The summed E-state index contributed by atoms with van der Waals surface area (Å²) in [6.45, 7) is 2.78. The van der Waals surface area contributed by atoms with Crippen molar-refractivity contribution in [2.45, 2.75) is 19.5 Å². The van der Waals surface area contributed by atoms with Crippen molar-refractivity contribution in [3.63, 3.8) is 0 Å². The van der Waals surface area contributed by atoms with Crippen LogP contribution in [0.3, 0.4) is 0 Å². The number of pyridine rings is 1. The topological polar surface area (TPSA) is 42.1 Å². The summed E-state index contributed by atoms with van der Waals surface area (Å²) >= 11 is 3.49. The molecule has 3 nitrogen and oxygen atoms in total. The Kier molecular flexibility index (Phi) is 4.56. The molecule has 0 aliphatic rings. The fourth-order valence-corrected chi connectivity index (χ4v) is 2.51. The summed E-state index contributed by atoms with van der Waals surface area (Å²) in [7, 11) is 2.04. The van der Waals surface area contributed by atoms with E-state index in [1.165, 1.54) is 5.56 Å². The molecule has 0 aliphatic heterocycles. The van der Waals surface area contributed by atoms with Crippen LogP contribution in [0.15, 0.2) is 47.1 Å². The van der Waals surface area contributed by atoms with Gasteiger partial charge in [0.1, 0.15) is 5.82 Å². The highest BCUT2D eigenvalue weighted by molar-refractivity contribution is 9.10. The Morgan fingerprint density at radius 1 is 1.32 bits per heavy atom. The predicted octanol–water partition coefficient (Wildman–Crippen LogP) is 3.50. The van der Waals surface area contributed by atoms with Crippen LogP contribution in [0, 0.1) is 0 Å². The highest BCUT2D eigenvalue weighted by Crippen LogP contribution is 2.23. The first kappa shape index (κ1) is 14.0.